The van der Waals surface area contributed by atoms with Crippen LogP contribution >= 0.6 is 0 Å². The van der Waals surface area contributed by atoms with Gasteiger partial charge in [-0.25, -0.2) is 4.98 Å². The van der Waals surface area contributed by atoms with E-state index in [4.69, 9.17) is 4.98 Å². The Balaban J connectivity index is 1.91. The maximum Gasteiger partial charge on any atom is 0.139 e. The summed E-state index contributed by atoms with van der Waals surface area (Å²) in [4.78, 5) is 12.1. The van der Waals surface area contributed by atoms with Crippen molar-refractivity contribution in [1.29, 1.82) is 5.26 Å². The van der Waals surface area contributed by atoms with Crippen LogP contribution in [0.1, 0.15) is 28.2 Å². The van der Waals surface area contributed by atoms with E-state index in [0.717, 1.165) is 44.8 Å². The lowest BCUT2D eigenvalue weighted by Gasteiger charge is -2.08. The molecule has 0 spiro atoms. The van der Waals surface area contributed by atoms with Crippen LogP contribution in [-0.2, 0) is 13.5 Å². The minimum atomic E-state index is 0.595. The van der Waals surface area contributed by atoms with E-state index >= 15 is 0 Å². The highest BCUT2D eigenvalue weighted by molar-refractivity contribution is 5.97. The third-order valence-corrected chi connectivity index (χ3v) is 4.49. The van der Waals surface area contributed by atoms with Crippen LogP contribution in [0.15, 0.2) is 36.8 Å². The van der Waals surface area contributed by atoms with E-state index < -0.39 is 0 Å². The number of nitriles is 1. The van der Waals surface area contributed by atoms with Crippen molar-refractivity contribution in [2.24, 2.45) is 7.05 Å². The number of pyridine rings is 2. The Kier molecular flexibility index (Phi) is 3.77. The predicted molar refractivity (Wildman–Crippen MR) is 99.5 cm³/mol. The molecule has 0 aliphatic carbocycles. The van der Waals surface area contributed by atoms with E-state index in [1.807, 2.05) is 37.0 Å². The number of aromatic nitrogens is 5. The lowest BCUT2D eigenvalue weighted by molar-refractivity contribution is 0.747. The van der Waals surface area contributed by atoms with Gasteiger partial charge in [-0.1, -0.05) is 0 Å². The van der Waals surface area contributed by atoms with Crippen molar-refractivity contribution in [1.82, 2.24) is 24.7 Å². The molecule has 0 saturated carbocycles. The lowest BCUT2D eigenvalue weighted by Crippen LogP contribution is -1.98. The van der Waals surface area contributed by atoms with Gasteiger partial charge in [0.1, 0.15) is 11.7 Å². The summed E-state index contributed by atoms with van der Waals surface area (Å²) in [6.45, 7) is 4.01. The van der Waals surface area contributed by atoms with Gasteiger partial charge in [0.2, 0.25) is 0 Å². The van der Waals surface area contributed by atoms with Crippen molar-refractivity contribution in [2.45, 2.75) is 20.3 Å². The molecule has 0 saturated heterocycles. The first-order valence-corrected chi connectivity index (χ1v) is 8.38. The topological polar surface area (TPSA) is 83.2 Å². The summed E-state index contributed by atoms with van der Waals surface area (Å²) in [5.41, 5.74) is 7.32. The minimum Gasteiger partial charge on any atom is -0.345 e. The van der Waals surface area contributed by atoms with Crippen molar-refractivity contribution >= 4 is 11.0 Å². The molecular weight excluding hydrogens is 324 g/mol. The maximum absolute atomic E-state index is 9.47. The Morgan fingerprint density at radius 1 is 1.27 bits per heavy atom. The second-order valence-corrected chi connectivity index (χ2v) is 6.49. The average molecular weight is 342 g/mol. The van der Waals surface area contributed by atoms with Crippen molar-refractivity contribution in [2.75, 3.05) is 0 Å². The van der Waals surface area contributed by atoms with E-state index in [1.54, 1.807) is 12.4 Å². The van der Waals surface area contributed by atoms with Gasteiger partial charge in [0, 0.05) is 48.8 Å². The van der Waals surface area contributed by atoms with Gasteiger partial charge < -0.3 is 4.98 Å². The first-order chi connectivity index (χ1) is 12.5. The molecule has 0 aromatic carbocycles. The molecule has 0 fully saturated rings. The number of hydrogen-bond acceptors (Lipinski definition) is 4. The van der Waals surface area contributed by atoms with Gasteiger partial charge in [0.25, 0.3) is 0 Å². The van der Waals surface area contributed by atoms with Gasteiger partial charge in [-0.2, -0.15) is 10.4 Å². The first kappa shape index (κ1) is 16.0. The first-order valence-electron chi connectivity index (χ1n) is 8.38. The third kappa shape index (κ3) is 2.74. The standard InChI is InChI=1S/C20H18N6/c1-12-11-26(3)25-18(12)8-16-7-17(14-4-5-22-13(2)6-14)19-15(9-21)10-23-20(19)24-16/h4-7,10-11H,8H2,1-3H3,(H,23,24). The average Bonchev–Trinajstić information content (AvgIpc) is 3.16. The molecule has 4 heterocycles. The molecule has 4 rings (SSSR count). The molecule has 0 atom stereocenters. The zero-order chi connectivity index (χ0) is 18.3. The van der Waals surface area contributed by atoms with Crippen LogP contribution < -0.4 is 0 Å². The van der Waals surface area contributed by atoms with Crippen LogP contribution in [0.3, 0.4) is 0 Å². The summed E-state index contributed by atoms with van der Waals surface area (Å²) in [6.07, 6.45) is 6.15. The third-order valence-electron chi connectivity index (χ3n) is 4.49. The van der Waals surface area contributed by atoms with Crippen LogP contribution in [0, 0.1) is 25.2 Å². The summed E-state index contributed by atoms with van der Waals surface area (Å²) in [6, 6.07) is 8.30. The minimum absolute atomic E-state index is 0.595. The highest BCUT2D eigenvalue weighted by Crippen LogP contribution is 2.31. The zero-order valence-electron chi connectivity index (χ0n) is 14.9. The number of rotatable bonds is 3. The van der Waals surface area contributed by atoms with Gasteiger partial charge in [0.15, 0.2) is 0 Å². The van der Waals surface area contributed by atoms with Gasteiger partial charge in [0.05, 0.1) is 11.3 Å². The molecule has 0 amide bonds. The highest BCUT2D eigenvalue weighted by atomic mass is 15.2. The Hall–Kier alpha value is -3.46. The second-order valence-electron chi connectivity index (χ2n) is 6.49. The lowest BCUT2D eigenvalue weighted by atomic mass is 9.99. The molecule has 6 heteroatoms. The molecule has 0 radical (unpaired) electrons. The molecule has 0 unspecified atom stereocenters. The molecule has 6 nitrogen and oxygen atoms in total. The molecule has 1 N–H and O–H groups in total. The fraction of sp³-hybridized carbons (Fsp3) is 0.200. The summed E-state index contributed by atoms with van der Waals surface area (Å²) in [7, 11) is 1.92. The van der Waals surface area contributed by atoms with E-state index in [9.17, 15) is 5.26 Å². The summed E-state index contributed by atoms with van der Waals surface area (Å²) >= 11 is 0. The van der Waals surface area contributed by atoms with Gasteiger partial charge >= 0.3 is 0 Å². The van der Waals surface area contributed by atoms with Gasteiger partial charge in [-0.3, -0.25) is 9.67 Å². The molecule has 0 aliphatic rings. The van der Waals surface area contributed by atoms with E-state index in [-0.39, 0.29) is 0 Å². The number of nitrogens with zero attached hydrogens (tertiary/aromatic N) is 5. The molecule has 4 aromatic rings. The Morgan fingerprint density at radius 2 is 2.12 bits per heavy atom. The maximum atomic E-state index is 9.47. The monoisotopic (exact) mass is 342 g/mol. The van der Waals surface area contributed by atoms with Crippen LogP contribution in [0.5, 0.6) is 0 Å². The Bertz CT molecular complexity index is 1160. The van der Waals surface area contributed by atoms with Crippen LogP contribution in [-0.4, -0.2) is 24.7 Å². The summed E-state index contributed by atoms with van der Waals surface area (Å²) in [5.74, 6) is 0. The number of fused-ring (bicyclic) bond motifs is 1. The summed E-state index contributed by atoms with van der Waals surface area (Å²) < 4.78 is 1.82. The highest BCUT2D eigenvalue weighted by Gasteiger charge is 2.15. The van der Waals surface area contributed by atoms with Crippen molar-refractivity contribution < 1.29 is 0 Å². The Morgan fingerprint density at radius 3 is 2.81 bits per heavy atom. The van der Waals surface area contributed by atoms with Gasteiger partial charge in [-0.15, -0.1) is 0 Å². The largest absolute Gasteiger partial charge is 0.345 e. The second kappa shape index (κ2) is 6.12. The van der Waals surface area contributed by atoms with Crippen molar-refractivity contribution in [3.8, 4) is 17.2 Å². The number of H-pyrrole nitrogens is 1. The number of nitrogens with one attached hydrogen (secondary N) is 1. The normalized spacial score (nSPS) is 11.0. The fourth-order valence-electron chi connectivity index (χ4n) is 3.31. The van der Waals surface area contributed by atoms with Crippen LogP contribution in [0.25, 0.3) is 22.2 Å². The van der Waals surface area contributed by atoms with Gasteiger partial charge in [-0.05, 0) is 48.7 Å². The Labute approximate surface area is 151 Å². The number of hydrogen-bond donors (Lipinski definition) is 1. The van der Waals surface area contributed by atoms with E-state index in [2.05, 4.69) is 34.1 Å². The van der Waals surface area contributed by atoms with Crippen LogP contribution in [0.2, 0.25) is 0 Å². The molecule has 4 aromatic heterocycles. The molecule has 128 valence electrons. The van der Waals surface area contributed by atoms with Crippen LogP contribution in [0.4, 0.5) is 0 Å². The molecular formula is C20H18N6. The zero-order valence-corrected chi connectivity index (χ0v) is 14.9. The molecule has 0 aliphatic heterocycles. The molecule has 26 heavy (non-hydrogen) atoms. The SMILES string of the molecule is Cc1cc(-c2cc(Cc3nn(C)cc3C)nc3[nH]cc(C#N)c23)ccn1. The van der Waals surface area contributed by atoms with E-state index in [0.29, 0.717) is 12.0 Å². The van der Waals surface area contributed by atoms with Crippen molar-refractivity contribution in [3.05, 3.63) is 65.0 Å². The quantitative estimate of drug-likeness (QED) is 0.618. The predicted octanol–water partition coefficient (Wildman–Crippen LogP) is 3.44. The van der Waals surface area contributed by atoms with Crippen molar-refractivity contribution in [3.63, 3.8) is 0 Å². The number of aromatic amines is 1. The smallest absolute Gasteiger partial charge is 0.139 e. The molecule has 0 bridgehead atoms. The number of aryl methyl sites for hydroxylation is 3. The summed E-state index contributed by atoms with van der Waals surface area (Å²) in [5, 5.41) is 14.8. The fourth-order valence-corrected chi connectivity index (χ4v) is 3.31. The van der Waals surface area contributed by atoms with E-state index in [1.165, 1.54) is 0 Å².